The number of carbonyl (C=O) groups excluding carboxylic acids is 2. The minimum atomic E-state index is -0.693. The molecule has 0 amide bonds. The molecule has 0 aliphatic carbocycles. The third-order valence-electron chi connectivity index (χ3n) is 1.63. The van der Waals surface area contributed by atoms with Gasteiger partial charge >= 0.3 is 11.9 Å². The number of carbonyl (C=O) groups is 2. The normalized spacial score (nSPS) is 9.47. The van der Waals surface area contributed by atoms with Crippen LogP contribution in [-0.2, 0) is 9.53 Å². The van der Waals surface area contributed by atoms with Crippen LogP contribution in [0.15, 0.2) is 18.2 Å². The van der Waals surface area contributed by atoms with E-state index in [1.54, 1.807) is 0 Å². The van der Waals surface area contributed by atoms with Crippen molar-refractivity contribution in [3.63, 3.8) is 0 Å². The number of hydrogen-bond donors (Lipinski definition) is 1. The van der Waals surface area contributed by atoms with Gasteiger partial charge < -0.3 is 14.6 Å². The van der Waals surface area contributed by atoms with Crippen molar-refractivity contribution in [1.82, 2.24) is 0 Å². The molecule has 0 saturated carbocycles. The number of benzene rings is 1. The Morgan fingerprint density at radius 2 is 2.00 bits per heavy atom. The van der Waals surface area contributed by atoms with Crippen LogP contribution in [-0.4, -0.2) is 24.2 Å². The molecular weight excluding hydrogens is 200 g/mol. The van der Waals surface area contributed by atoms with Gasteiger partial charge in [-0.15, -0.1) is 0 Å². The van der Waals surface area contributed by atoms with E-state index in [2.05, 4.69) is 4.74 Å². The molecule has 0 bridgehead atoms. The largest absolute Gasteiger partial charge is 0.507 e. The van der Waals surface area contributed by atoms with Crippen molar-refractivity contribution in [2.45, 2.75) is 6.92 Å². The molecule has 15 heavy (non-hydrogen) atoms. The van der Waals surface area contributed by atoms with Gasteiger partial charge in [0.15, 0.2) is 0 Å². The maximum Gasteiger partial charge on any atom is 0.341 e. The average Bonchev–Trinajstić information content (AvgIpc) is 2.19. The molecule has 0 spiro atoms. The molecule has 0 radical (unpaired) electrons. The second-order valence-corrected chi connectivity index (χ2v) is 2.76. The van der Waals surface area contributed by atoms with Gasteiger partial charge in [0.2, 0.25) is 0 Å². The van der Waals surface area contributed by atoms with Crippen molar-refractivity contribution in [2.24, 2.45) is 0 Å². The van der Waals surface area contributed by atoms with Crippen molar-refractivity contribution in [2.75, 3.05) is 7.11 Å². The second-order valence-electron chi connectivity index (χ2n) is 2.76. The highest BCUT2D eigenvalue weighted by Crippen LogP contribution is 2.23. The zero-order valence-electron chi connectivity index (χ0n) is 8.31. The zero-order chi connectivity index (χ0) is 11.4. The summed E-state index contributed by atoms with van der Waals surface area (Å²) < 4.78 is 9.18. The van der Waals surface area contributed by atoms with Gasteiger partial charge in [0, 0.05) is 6.92 Å². The Morgan fingerprint density at radius 1 is 1.33 bits per heavy atom. The highest BCUT2D eigenvalue weighted by atomic mass is 16.5. The topological polar surface area (TPSA) is 72.8 Å². The molecular formula is C10H10O5. The quantitative estimate of drug-likeness (QED) is 0.584. The van der Waals surface area contributed by atoms with Crippen LogP contribution < -0.4 is 4.74 Å². The third kappa shape index (κ3) is 2.70. The highest BCUT2D eigenvalue weighted by molar-refractivity contribution is 5.92. The molecule has 1 aromatic rings. The smallest absolute Gasteiger partial charge is 0.341 e. The molecule has 80 valence electrons. The van der Waals surface area contributed by atoms with Crippen molar-refractivity contribution < 1.29 is 24.2 Å². The molecule has 1 rings (SSSR count). The average molecular weight is 210 g/mol. The number of rotatable bonds is 2. The molecule has 0 heterocycles. The van der Waals surface area contributed by atoms with Gasteiger partial charge in [0.1, 0.15) is 17.1 Å². The lowest BCUT2D eigenvalue weighted by Gasteiger charge is -2.05. The molecule has 0 atom stereocenters. The van der Waals surface area contributed by atoms with Gasteiger partial charge in [0.25, 0.3) is 0 Å². The fourth-order valence-corrected chi connectivity index (χ4v) is 1.02. The van der Waals surface area contributed by atoms with Crippen LogP contribution in [0.3, 0.4) is 0 Å². The van der Waals surface area contributed by atoms with Crippen molar-refractivity contribution in [3.05, 3.63) is 23.8 Å². The first-order chi connectivity index (χ1) is 7.04. The van der Waals surface area contributed by atoms with E-state index >= 15 is 0 Å². The van der Waals surface area contributed by atoms with Gasteiger partial charge in [-0.05, 0) is 18.2 Å². The van der Waals surface area contributed by atoms with Crippen LogP contribution in [0.25, 0.3) is 0 Å². The monoisotopic (exact) mass is 210 g/mol. The second kappa shape index (κ2) is 4.45. The van der Waals surface area contributed by atoms with Crippen LogP contribution in [0.1, 0.15) is 17.3 Å². The molecule has 0 aliphatic rings. The molecule has 1 N–H and O–H groups in total. The SMILES string of the molecule is COC(=O)c1cc(OC(C)=O)ccc1O. The maximum absolute atomic E-state index is 11.1. The van der Waals surface area contributed by atoms with Crippen LogP contribution in [0.5, 0.6) is 11.5 Å². The Labute approximate surface area is 86.2 Å². The van der Waals surface area contributed by atoms with Gasteiger partial charge in [0.05, 0.1) is 7.11 Å². The lowest BCUT2D eigenvalue weighted by Crippen LogP contribution is -2.05. The first kappa shape index (κ1) is 11.0. The van der Waals surface area contributed by atoms with E-state index in [-0.39, 0.29) is 17.1 Å². The lowest BCUT2D eigenvalue weighted by molar-refractivity contribution is -0.131. The van der Waals surface area contributed by atoms with E-state index in [1.807, 2.05) is 0 Å². The highest BCUT2D eigenvalue weighted by Gasteiger charge is 2.13. The zero-order valence-corrected chi connectivity index (χ0v) is 8.31. The molecule has 0 aliphatic heterocycles. The summed E-state index contributed by atoms with van der Waals surface area (Å²) in [6, 6.07) is 3.87. The van der Waals surface area contributed by atoms with E-state index in [0.29, 0.717) is 0 Å². The predicted molar refractivity (Wildman–Crippen MR) is 50.8 cm³/mol. The van der Waals surface area contributed by atoms with Crippen LogP contribution >= 0.6 is 0 Å². The van der Waals surface area contributed by atoms with Crippen LogP contribution in [0, 0.1) is 0 Å². The molecule has 0 saturated heterocycles. The number of ether oxygens (including phenoxy) is 2. The Bertz CT molecular complexity index is 397. The molecule has 0 unspecified atom stereocenters. The summed E-state index contributed by atoms with van der Waals surface area (Å²) in [5, 5.41) is 9.33. The summed E-state index contributed by atoms with van der Waals surface area (Å²) in [5.41, 5.74) is -0.0451. The number of methoxy groups -OCH3 is 1. The molecule has 0 fully saturated rings. The number of phenols is 1. The van der Waals surface area contributed by atoms with E-state index in [9.17, 15) is 14.7 Å². The minimum Gasteiger partial charge on any atom is -0.507 e. The Hall–Kier alpha value is -2.04. The summed E-state index contributed by atoms with van der Waals surface area (Å²) in [5.74, 6) is -1.24. The van der Waals surface area contributed by atoms with Crippen LogP contribution in [0.4, 0.5) is 0 Å². The van der Waals surface area contributed by atoms with E-state index in [1.165, 1.54) is 32.2 Å². The van der Waals surface area contributed by atoms with Gasteiger partial charge in [-0.2, -0.15) is 0 Å². The minimum absolute atomic E-state index is 0.0451. The lowest BCUT2D eigenvalue weighted by atomic mass is 10.2. The Morgan fingerprint density at radius 3 is 2.53 bits per heavy atom. The standard InChI is InChI=1S/C10H10O5/c1-6(11)15-7-3-4-9(12)8(5-7)10(13)14-2/h3-5,12H,1-2H3. The fraction of sp³-hybridized carbons (Fsp3) is 0.200. The summed E-state index contributed by atoms with van der Waals surface area (Å²) in [6.07, 6.45) is 0. The summed E-state index contributed by atoms with van der Waals surface area (Å²) in [4.78, 5) is 21.8. The van der Waals surface area contributed by atoms with Crippen LogP contribution in [0.2, 0.25) is 0 Å². The number of esters is 2. The number of aromatic hydroxyl groups is 1. The molecule has 5 heteroatoms. The number of hydrogen-bond acceptors (Lipinski definition) is 5. The van der Waals surface area contributed by atoms with E-state index in [0.717, 1.165) is 0 Å². The first-order valence-corrected chi connectivity index (χ1v) is 4.14. The van der Waals surface area contributed by atoms with Crippen molar-refractivity contribution in [1.29, 1.82) is 0 Å². The van der Waals surface area contributed by atoms with Gasteiger partial charge in [-0.25, -0.2) is 4.79 Å². The maximum atomic E-state index is 11.1. The van der Waals surface area contributed by atoms with Crippen molar-refractivity contribution in [3.8, 4) is 11.5 Å². The van der Waals surface area contributed by atoms with Gasteiger partial charge in [-0.3, -0.25) is 4.79 Å². The van der Waals surface area contributed by atoms with E-state index < -0.39 is 11.9 Å². The summed E-state index contributed by atoms with van der Waals surface area (Å²) >= 11 is 0. The predicted octanol–water partition coefficient (Wildman–Crippen LogP) is 1.10. The summed E-state index contributed by atoms with van der Waals surface area (Å²) in [6.45, 7) is 1.24. The fourth-order valence-electron chi connectivity index (χ4n) is 1.02. The van der Waals surface area contributed by atoms with Crippen molar-refractivity contribution >= 4 is 11.9 Å². The molecule has 0 aromatic heterocycles. The number of phenolic OH excluding ortho intramolecular Hbond substituents is 1. The van der Waals surface area contributed by atoms with E-state index in [4.69, 9.17) is 4.74 Å². The summed E-state index contributed by atoms with van der Waals surface area (Å²) in [7, 11) is 1.19. The Kier molecular flexibility index (Phi) is 3.28. The molecule has 1 aromatic carbocycles. The third-order valence-corrected chi connectivity index (χ3v) is 1.63. The van der Waals surface area contributed by atoms with Gasteiger partial charge in [-0.1, -0.05) is 0 Å². The molecule has 5 nitrogen and oxygen atoms in total. The Balaban J connectivity index is 3.05. The first-order valence-electron chi connectivity index (χ1n) is 4.14.